The summed E-state index contributed by atoms with van der Waals surface area (Å²) >= 11 is 2.37. The van der Waals surface area contributed by atoms with Gasteiger partial charge in [-0.15, -0.1) is 0 Å². The molecule has 0 fully saturated rings. The van der Waals surface area contributed by atoms with Crippen LogP contribution in [0.5, 0.6) is 5.75 Å². The van der Waals surface area contributed by atoms with Gasteiger partial charge in [0.05, 0.1) is 5.56 Å². The van der Waals surface area contributed by atoms with E-state index >= 15 is 0 Å². The number of benzene rings is 1. The average Bonchev–Trinajstić information content (AvgIpc) is 2.24. The molecule has 0 aliphatic carbocycles. The van der Waals surface area contributed by atoms with Gasteiger partial charge in [-0.2, -0.15) is 26.3 Å². The largest absolute Gasteiger partial charge is 0.492 e. The number of halogens is 7. The van der Waals surface area contributed by atoms with Gasteiger partial charge in [-0.25, -0.2) is 0 Å². The molecule has 0 N–H and O–H groups in total. The van der Waals surface area contributed by atoms with Gasteiger partial charge in [0.1, 0.15) is 17.2 Å². The van der Waals surface area contributed by atoms with Crippen LogP contribution in [0.3, 0.4) is 0 Å². The van der Waals surface area contributed by atoms with Crippen LogP contribution in [0.2, 0.25) is 0 Å². The minimum Gasteiger partial charge on any atom is -0.492 e. The zero-order valence-corrected chi connectivity index (χ0v) is 10.2. The van der Waals surface area contributed by atoms with Crippen molar-refractivity contribution in [2.75, 3.05) is 6.61 Å². The van der Waals surface area contributed by atoms with Gasteiger partial charge in [-0.3, -0.25) is 0 Å². The standard InChI is InChI=1S/C10H7BrF6O/c11-8(10(15,16)17)5-18-7-3-1-6(2-4-7)9(12,13)14/h1-4,8H,5H2. The lowest BCUT2D eigenvalue weighted by molar-refractivity contribution is -0.137. The van der Waals surface area contributed by atoms with E-state index in [0.717, 1.165) is 24.3 Å². The van der Waals surface area contributed by atoms with Crippen LogP contribution in [0.15, 0.2) is 24.3 Å². The molecule has 1 aromatic carbocycles. The molecule has 0 saturated heterocycles. The third kappa shape index (κ3) is 4.40. The van der Waals surface area contributed by atoms with E-state index < -0.39 is 29.4 Å². The van der Waals surface area contributed by atoms with E-state index in [2.05, 4.69) is 15.9 Å². The maximum absolute atomic E-state index is 12.2. The normalized spacial score (nSPS) is 14.4. The van der Waals surface area contributed by atoms with Crippen molar-refractivity contribution in [1.82, 2.24) is 0 Å². The SMILES string of the molecule is FC(F)(F)c1ccc(OCC(Br)C(F)(F)F)cc1. The molecule has 0 spiro atoms. The Hall–Kier alpha value is -0.920. The number of rotatable bonds is 3. The average molecular weight is 337 g/mol. The lowest BCUT2D eigenvalue weighted by Gasteiger charge is -2.15. The molecular formula is C10H7BrF6O. The minimum atomic E-state index is -4.48. The lowest BCUT2D eigenvalue weighted by Crippen LogP contribution is -2.28. The zero-order chi connectivity index (χ0) is 14.0. The fourth-order valence-electron chi connectivity index (χ4n) is 1.00. The lowest BCUT2D eigenvalue weighted by atomic mass is 10.2. The van der Waals surface area contributed by atoms with E-state index in [9.17, 15) is 26.3 Å². The van der Waals surface area contributed by atoms with E-state index in [0.29, 0.717) is 0 Å². The minimum absolute atomic E-state index is 0.0586. The molecule has 0 amide bonds. The highest BCUT2D eigenvalue weighted by Gasteiger charge is 2.38. The van der Waals surface area contributed by atoms with Crippen LogP contribution in [0.1, 0.15) is 5.56 Å². The summed E-state index contributed by atoms with van der Waals surface area (Å²) in [7, 11) is 0. The van der Waals surface area contributed by atoms with E-state index in [1.165, 1.54) is 0 Å². The first-order chi connectivity index (χ1) is 8.10. The Morgan fingerprint density at radius 3 is 1.89 bits per heavy atom. The molecule has 1 atom stereocenters. The van der Waals surface area contributed by atoms with E-state index in [-0.39, 0.29) is 5.75 Å². The monoisotopic (exact) mass is 336 g/mol. The van der Waals surface area contributed by atoms with Crippen molar-refractivity contribution in [3.8, 4) is 5.75 Å². The Labute approximate surface area is 107 Å². The Morgan fingerprint density at radius 1 is 1.00 bits per heavy atom. The summed E-state index contributed by atoms with van der Waals surface area (Å²) in [4.78, 5) is -1.87. The van der Waals surface area contributed by atoms with Gasteiger partial charge in [0, 0.05) is 0 Å². The second kappa shape index (κ2) is 5.38. The molecule has 18 heavy (non-hydrogen) atoms. The molecule has 1 rings (SSSR count). The van der Waals surface area contributed by atoms with Crippen molar-refractivity contribution in [2.24, 2.45) is 0 Å². The highest BCUT2D eigenvalue weighted by Crippen LogP contribution is 2.31. The molecule has 1 aromatic rings. The molecule has 0 bridgehead atoms. The molecular weight excluding hydrogens is 330 g/mol. The molecule has 0 aliphatic rings. The number of hydrogen-bond acceptors (Lipinski definition) is 1. The smallest absolute Gasteiger partial charge is 0.416 e. The van der Waals surface area contributed by atoms with Crippen molar-refractivity contribution in [2.45, 2.75) is 17.2 Å². The third-order valence-corrected chi connectivity index (χ3v) is 2.72. The van der Waals surface area contributed by atoms with Crippen LogP contribution in [0.25, 0.3) is 0 Å². The molecule has 0 radical (unpaired) electrons. The quantitative estimate of drug-likeness (QED) is 0.586. The van der Waals surface area contributed by atoms with Gasteiger partial charge in [0.25, 0.3) is 0 Å². The Balaban J connectivity index is 2.60. The van der Waals surface area contributed by atoms with Crippen LogP contribution >= 0.6 is 15.9 Å². The Kier molecular flexibility index (Phi) is 4.52. The molecule has 102 valence electrons. The predicted molar refractivity (Wildman–Crippen MR) is 55.7 cm³/mol. The topological polar surface area (TPSA) is 9.23 Å². The predicted octanol–water partition coefficient (Wildman–Crippen LogP) is 4.41. The van der Waals surface area contributed by atoms with E-state index in [1.54, 1.807) is 0 Å². The molecule has 1 unspecified atom stereocenters. The van der Waals surface area contributed by atoms with Crippen molar-refractivity contribution in [3.63, 3.8) is 0 Å². The summed E-state index contributed by atoms with van der Waals surface area (Å²) < 4.78 is 77.6. The van der Waals surface area contributed by atoms with E-state index in [4.69, 9.17) is 4.74 Å². The summed E-state index contributed by atoms with van der Waals surface area (Å²) in [5, 5.41) is 0. The van der Waals surface area contributed by atoms with Gasteiger partial charge >= 0.3 is 12.4 Å². The number of alkyl halides is 7. The van der Waals surface area contributed by atoms with Gasteiger partial charge in [0.15, 0.2) is 0 Å². The van der Waals surface area contributed by atoms with Gasteiger partial charge < -0.3 is 4.74 Å². The van der Waals surface area contributed by atoms with Gasteiger partial charge in [-0.05, 0) is 24.3 Å². The summed E-state index contributed by atoms with van der Waals surface area (Å²) in [6.45, 7) is -0.713. The van der Waals surface area contributed by atoms with E-state index in [1.807, 2.05) is 0 Å². The van der Waals surface area contributed by atoms with Gasteiger partial charge in [0.2, 0.25) is 0 Å². The van der Waals surface area contributed by atoms with Crippen LogP contribution in [0.4, 0.5) is 26.3 Å². The molecule has 0 heterocycles. The molecule has 8 heteroatoms. The maximum Gasteiger partial charge on any atom is 0.416 e. The zero-order valence-electron chi connectivity index (χ0n) is 8.65. The van der Waals surface area contributed by atoms with Gasteiger partial charge in [-0.1, -0.05) is 15.9 Å². The maximum atomic E-state index is 12.2. The first-order valence-electron chi connectivity index (χ1n) is 4.61. The first-order valence-corrected chi connectivity index (χ1v) is 5.53. The number of hydrogen-bond donors (Lipinski definition) is 0. The van der Waals surface area contributed by atoms with Crippen molar-refractivity contribution in [3.05, 3.63) is 29.8 Å². The van der Waals surface area contributed by atoms with Crippen LogP contribution in [-0.2, 0) is 6.18 Å². The number of ether oxygens (including phenoxy) is 1. The highest BCUT2D eigenvalue weighted by molar-refractivity contribution is 9.09. The molecule has 1 nitrogen and oxygen atoms in total. The van der Waals surface area contributed by atoms with Crippen molar-refractivity contribution in [1.29, 1.82) is 0 Å². The van der Waals surface area contributed by atoms with Crippen LogP contribution < -0.4 is 4.74 Å². The molecule has 0 aliphatic heterocycles. The summed E-state index contributed by atoms with van der Waals surface area (Å²) in [5.74, 6) is -0.0586. The van der Waals surface area contributed by atoms with Crippen molar-refractivity contribution >= 4 is 15.9 Å². The Bertz CT molecular complexity index is 383. The van der Waals surface area contributed by atoms with Crippen molar-refractivity contribution < 1.29 is 31.1 Å². The molecule has 0 saturated carbocycles. The molecule has 0 aromatic heterocycles. The van der Waals surface area contributed by atoms with Crippen LogP contribution in [0, 0.1) is 0 Å². The summed E-state index contributed by atoms with van der Waals surface area (Å²) in [6, 6.07) is 3.43. The second-order valence-electron chi connectivity index (χ2n) is 3.34. The summed E-state index contributed by atoms with van der Waals surface area (Å²) in [5.41, 5.74) is -0.888. The second-order valence-corrected chi connectivity index (χ2v) is 4.45. The first kappa shape index (κ1) is 15.1. The highest BCUT2D eigenvalue weighted by atomic mass is 79.9. The van der Waals surface area contributed by atoms with Crippen LogP contribution in [-0.4, -0.2) is 17.6 Å². The fourth-order valence-corrected chi connectivity index (χ4v) is 1.14. The summed E-state index contributed by atoms with van der Waals surface area (Å²) in [6.07, 6.45) is -8.95. The Morgan fingerprint density at radius 2 is 1.50 bits per heavy atom. The fraction of sp³-hybridized carbons (Fsp3) is 0.400. The third-order valence-electron chi connectivity index (χ3n) is 1.93.